The third kappa shape index (κ3) is 3.72. The average molecular weight is 298 g/mol. The smallest absolute Gasteiger partial charge is 0.207 e. The summed E-state index contributed by atoms with van der Waals surface area (Å²) in [6, 6.07) is 8.05. The van der Waals surface area contributed by atoms with Gasteiger partial charge in [-0.1, -0.05) is 13.0 Å². The Labute approximate surface area is 119 Å². The number of hydrogen-bond donors (Lipinski definition) is 0. The molecule has 0 bridgehead atoms. The number of sulfonamides is 1. The van der Waals surface area contributed by atoms with Crippen molar-refractivity contribution in [2.24, 2.45) is 0 Å². The second kappa shape index (κ2) is 6.94. The third-order valence-corrected chi connectivity index (χ3v) is 5.61. The molecule has 0 aliphatic rings. The molecular formula is C13H18N2O2S2. The first kappa shape index (κ1) is 16.0. The van der Waals surface area contributed by atoms with Crippen LogP contribution in [-0.4, -0.2) is 37.8 Å². The largest absolute Gasteiger partial charge is 0.243 e. The molecule has 1 aromatic carbocycles. The summed E-state index contributed by atoms with van der Waals surface area (Å²) in [5.41, 5.74) is 0.354. The van der Waals surface area contributed by atoms with Gasteiger partial charge in [-0.2, -0.15) is 21.3 Å². The fraction of sp³-hybridized carbons (Fsp3) is 0.462. The predicted molar refractivity (Wildman–Crippen MR) is 78.6 cm³/mol. The van der Waals surface area contributed by atoms with Crippen molar-refractivity contribution in [1.82, 2.24) is 4.31 Å². The van der Waals surface area contributed by atoms with Gasteiger partial charge in [0.15, 0.2) is 0 Å². The van der Waals surface area contributed by atoms with Crippen molar-refractivity contribution in [3.8, 4) is 6.07 Å². The summed E-state index contributed by atoms with van der Waals surface area (Å²) in [6.07, 6.45) is 2.72. The van der Waals surface area contributed by atoms with Gasteiger partial charge in [0.2, 0.25) is 10.0 Å². The number of benzene rings is 1. The van der Waals surface area contributed by atoms with E-state index in [2.05, 4.69) is 0 Å². The van der Waals surface area contributed by atoms with Crippen LogP contribution in [0, 0.1) is 11.3 Å². The third-order valence-electron chi connectivity index (χ3n) is 2.98. The van der Waals surface area contributed by atoms with Crippen LogP contribution in [0.5, 0.6) is 0 Å². The van der Waals surface area contributed by atoms with E-state index in [0.29, 0.717) is 5.56 Å². The van der Waals surface area contributed by atoms with Crippen LogP contribution in [0.25, 0.3) is 0 Å². The molecule has 1 unspecified atom stereocenters. The average Bonchev–Trinajstić information content (AvgIpc) is 2.44. The molecule has 104 valence electrons. The van der Waals surface area contributed by atoms with Gasteiger partial charge in [0.05, 0.1) is 16.5 Å². The van der Waals surface area contributed by atoms with Gasteiger partial charge >= 0.3 is 0 Å². The van der Waals surface area contributed by atoms with Crippen molar-refractivity contribution in [1.29, 1.82) is 5.26 Å². The molecule has 0 heterocycles. The molecule has 19 heavy (non-hydrogen) atoms. The van der Waals surface area contributed by atoms with E-state index in [-0.39, 0.29) is 10.9 Å². The van der Waals surface area contributed by atoms with Crippen LogP contribution >= 0.6 is 11.8 Å². The lowest BCUT2D eigenvalue weighted by atomic mass is 10.2. The molecule has 4 nitrogen and oxygen atoms in total. The van der Waals surface area contributed by atoms with E-state index in [9.17, 15) is 8.42 Å². The molecule has 6 heteroatoms. The zero-order chi connectivity index (χ0) is 14.5. The zero-order valence-electron chi connectivity index (χ0n) is 11.3. The summed E-state index contributed by atoms with van der Waals surface area (Å²) >= 11 is 1.62. The van der Waals surface area contributed by atoms with E-state index in [4.69, 9.17) is 5.26 Å². The van der Waals surface area contributed by atoms with Crippen molar-refractivity contribution in [3.05, 3.63) is 29.8 Å². The topological polar surface area (TPSA) is 61.2 Å². The molecule has 0 spiro atoms. The normalized spacial score (nSPS) is 13.2. The van der Waals surface area contributed by atoms with Crippen molar-refractivity contribution in [3.63, 3.8) is 0 Å². The Morgan fingerprint density at radius 1 is 1.47 bits per heavy atom. The van der Waals surface area contributed by atoms with Gasteiger partial charge in [0.25, 0.3) is 0 Å². The molecule has 0 radical (unpaired) electrons. The summed E-state index contributed by atoms with van der Waals surface area (Å²) in [5.74, 6) is 0.754. The van der Waals surface area contributed by atoms with Crippen molar-refractivity contribution in [2.45, 2.75) is 24.3 Å². The molecule has 0 amide bonds. The lowest BCUT2D eigenvalue weighted by Gasteiger charge is -2.26. The minimum atomic E-state index is -3.54. The second-order valence-electron chi connectivity index (χ2n) is 4.18. The van der Waals surface area contributed by atoms with Crippen LogP contribution in [0.15, 0.2) is 29.2 Å². The maximum absolute atomic E-state index is 12.5. The highest BCUT2D eigenvalue weighted by molar-refractivity contribution is 7.98. The molecule has 1 aromatic rings. The first-order chi connectivity index (χ1) is 8.97. The number of nitrogens with zero attached hydrogens (tertiary/aromatic N) is 2. The van der Waals surface area contributed by atoms with Crippen LogP contribution in [0.2, 0.25) is 0 Å². The molecule has 0 saturated heterocycles. The minimum absolute atomic E-state index is 0.0364. The van der Waals surface area contributed by atoms with Gasteiger partial charge in [0, 0.05) is 18.8 Å². The highest BCUT2D eigenvalue weighted by Gasteiger charge is 2.26. The van der Waals surface area contributed by atoms with Crippen LogP contribution in [0.4, 0.5) is 0 Å². The van der Waals surface area contributed by atoms with E-state index in [1.807, 2.05) is 19.2 Å². The Balaban J connectivity index is 3.12. The Hall–Kier alpha value is -1.03. The van der Waals surface area contributed by atoms with E-state index < -0.39 is 10.0 Å². The molecule has 1 rings (SSSR count). The molecule has 0 aliphatic heterocycles. The minimum Gasteiger partial charge on any atom is -0.207 e. The van der Waals surface area contributed by atoms with Crippen LogP contribution in [-0.2, 0) is 10.0 Å². The molecule has 0 aromatic heterocycles. The first-order valence-electron chi connectivity index (χ1n) is 5.94. The summed E-state index contributed by atoms with van der Waals surface area (Å²) < 4.78 is 26.4. The number of rotatable bonds is 6. The molecule has 0 fully saturated rings. The van der Waals surface area contributed by atoms with E-state index >= 15 is 0 Å². The van der Waals surface area contributed by atoms with Crippen molar-refractivity contribution < 1.29 is 8.42 Å². The zero-order valence-corrected chi connectivity index (χ0v) is 13.0. The summed E-state index contributed by atoms with van der Waals surface area (Å²) in [7, 11) is -1.94. The second-order valence-corrected chi connectivity index (χ2v) is 7.09. The summed E-state index contributed by atoms with van der Waals surface area (Å²) in [5, 5.41) is 8.84. The van der Waals surface area contributed by atoms with E-state index in [0.717, 1.165) is 12.2 Å². The van der Waals surface area contributed by atoms with Gasteiger partial charge < -0.3 is 0 Å². The van der Waals surface area contributed by atoms with Gasteiger partial charge in [-0.05, 0) is 30.9 Å². The van der Waals surface area contributed by atoms with Gasteiger partial charge in [-0.3, -0.25) is 0 Å². The van der Waals surface area contributed by atoms with Gasteiger partial charge in [-0.25, -0.2) is 8.42 Å². The van der Waals surface area contributed by atoms with Crippen molar-refractivity contribution >= 4 is 21.8 Å². The Kier molecular flexibility index (Phi) is 5.85. The quantitative estimate of drug-likeness (QED) is 0.808. The van der Waals surface area contributed by atoms with Crippen LogP contribution in [0.1, 0.15) is 18.9 Å². The fourth-order valence-corrected chi connectivity index (χ4v) is 4.17. The Morgan fingerprint density at radius 3 is 2.68 bits per heavy atom. The molecule has 1 atom stereocenters. The summed E-state index contributed by atoms with van der Waals surface area (Å²) in [4.78, 5) is 0.175. The number of hydrogen-bond acceptors (Lipinski definition) is 4. The maximum Gasteiger partial charge on any atom is 0.243 e. The highest BCUT2D eigenvalue weighted by atomic mass is 32.2. The predicted octanol–water partition coefficient (Wildman–Crippen LogP) is 2.32. The van der Waals surface area contributed by atoms with Crippen LogP contribution < -0.4 is 0 Å². The Morgan fingerprint density at radius 2 is 2.16 bits per heavy atom. The van der Waals surface area contributed by atoms with E-state index in [1.54, 1.807) is 30.9 Å². The molecule has 0 N–H and O–H groups in total. The molecule has 0 saturated carbocycles. The fourth-order valence-electron chi connectivity index (χ4n) is 1.76. The van der Waals surface area contributed by atoms with Crippen LogP contribution in [0.3, 0.4) is 0 Å². The Bertz CT molecular complexity index is 564. The summed E-state index contributed by atoms with van der Waals surface area (Å²) in [6.45, 7) is 1.97. The number of nitriles is 1. The maximum atomic E-state index is 12.5. The van der Waals surface area contributed by atoms with Crippen molar-refractivity contribution in [2.75, 3.05) is 19.1 Å². The molecule has 0 aliphatic carbocycles. The SMILES string of the molecule is CCC(CSC)N(C)S(=O)(=O)c1cccc(C#N)c1. The highest BCUT2D eigenvalue weighted by Crippen LogP contribution is 2.20. The number of thioether (sulfide) groups is 1. The standard InChI is InChI=1S/C13H18N2O2S2/c1-4-12(10-18-3)15(2)19(16,17)13-7-5-6-11(8-13)9-14/h5-8,12H,4,10H2,1-3H3. The molecular weight excluding hydrogens is 280 g/mol. The van der Waals surface area contributed by atoms with Gasteiger partial charge in [-0.15, -0.1) is 0 Å². The lowest BCUT2D eigenvalue weighted by molar-refractivity contribution is 0.385. The monoisotopic (exact) mass is 298 g/mol. The first-order valence-corrected chi connectivity index (χ1v) is 8.77. The lowest BCUT2D eigenvalue weighted by Crippen LogP contribution is -2.38. The van der Waals surface area contributed by atoms with Gasteiger partial charge in [0.1, 0.15) is 0 Å². The van der Waals surface area contributed by atoms with E-state index in [1.165, 1.54) is 16.4 Å².